The number of ether oxygens (including phenoxy) is 1. The number of rotatable bonds is 0. The SMILES string of the molecule is Brc1ccc2c(c1)C[C@@]1(CCCNC1)O2.Cl. The van der Waals surface area contributed by atoms with Crippen LogP contribution in [0.25, 0.3) is 0 Å². The maximum atomic E-state index is 6.11. The summed E-state index contributed by atoms with van der Waals surface area (Å²) in [5.41, 5.74) is 1.38. The molecule has 0 amide bonds. The van der Waals surface area contributed by atoms with Gasteiger partial charge in [0.25, 0.3) is 0 Å². The predicted octanol–water partition coefficient (Wildman–Crippen LogP) is 2.93. The molecule has 16 heavy (non-hydrogen) atoms. The van der Waals surface area contributed by atoms with Crippen LogP contribution >= 0.6 is 28.3 Å². The van der Waals surface area contributed by atoms with Gasteiger partial charge in [-0.15, -0.1) is 12.4 Å². The smallest absolute Gasteiger partial charge is 0.126 e. The normalized spacial score (nSPS) is 27.1. The summed E-state index contributed by atoms with van der Waals surface area (Å²) < 4.78 is 7.25. The zero-order chi connectivity index (χ0) is 10.3. The summed E-state index contributed by atoms with van der Waals surface area (Å²) in [6.45, 7) is 2.12. The van der Waals surface area contributed by atoms with Crippen LogP contribution in [0.1, 0.15) is 18.4 Å². The summed E-state index contributed by atoms with van der Waals surface area (Å²) in [5, 5.41) is 3.43. The van der Waals surface area contributed by atoms with Gasteiger partial charge < -0.3 is 10.1 Å². The van der Waals surface area contributed by atoms with Crippen molar-refractivity contribution in [3.8, 4) is 5.75 Å². The maximum absolute atomic E-state index is 6.11. The van der Waals surface area contributed by atoms with Gasteiger partial charge in [-0.1, -0.05) is 15.9 Å². The molecule has 0 aromatic heterocycles. The van der Waals surface area contributed by atoms with Gasteiger partial charge in [-0.2, -0.15) is 0 Å². The van der Waals surface area contributed by atoms with E-state index in [0.29, 0.717) is 0 Å². The second-order valence-corrected chi connectivity index (χ2v) is 5.41. The first-order valence-electron chi connectivity index (χ1n) is 5.46. The highest BCUT2D eigenvalue weighted by Gasteiger charge is 2.40. The molecule has 1 aromatic carbocycles. The Morgan fingerprint density at radius 1 is 1.38 bits per heavy atom. The van der Waals surface area contributed by atoms with E-state index in [0.717, 1.165) is 29.7 Å². The average molecular weight is 305 g/mol. The van der Waals surface area contributed by atoms with Crippen molar-refractivity contribution < 1.29 is 4.74 Å². The van der Waals surface area contributed by atoms with E-state index >= 15 is 0 Å². The Labute approximate surface area is 110 Å². The van der Waals surface area contributed by atoms with E-state index in [2.05, 4.69) is 33.4 Å². The van der Waals surface area contributed by atoms with Crippen molar-refractivity contribution in [2.45, 2.75) is 24.9 Å². The topological polar surface area (TPSA) is 21.3 Å². The van der Waals surface area contributed by atoms with E-state index in [-0.39, 0.29) is 18.0 Å². The van der Waals surface area contributed by atoms with Crippen molar-refractivity contribution in [2.75, 3.05) is 13.1 Å². The number of nitrogens with one attached hydrogen (secondary N) is 1. The van der Waals surface area contributed by atoms with Crippen molar-refractivity contribution in [2.24, 2.45) is 0 Å². The molecular formula is C12H15BrClNO. The molecule has 1 atom stereocenters. The minimum Gasteiger partial charge on any atom is -0.485 e. The van der Waals surface area contributed by atoms with E-state index in [1.165, 1.54) is 18.4 Å². The first kappa shape index (κ1) is 12.2. The molecule has 2 aliphatic heterocycles. The van der Waals surface area contributed by atoms with Crippen LogP contribution in [0, 0.1) is 0 Å². The average Bonchev–Trinajstić information content (AvgIpc) is 2.56. The largest absolute Gasteiger partial charge is 0.485 e. The lowest BCUT2D eigenvalue weighted by Crippen LogP contribution is -2.49. The van der Waals surface area contributed by atoms with Gasteiger partial charge >= 0.3 is 0 Å². The van der Waals surface area contributed by atoms with E-state index in [1.807, 2.05) is 6.07 Å². The molecule has 1 aromatic rings. The van der Waals surface area contributed by atoms with E-state index < -0.39 is 0 Å². The standard InChI is InChI=1S/C12H14BrNO.ClH/c13-10-2-3-11-9(6-10)7-12(15-11)4-1-5-14-8-12;/h2-3,6,14H,1,4-5,7-8H2;1H/t12-;/m1./s1. The van der Waals surface area contributed by atoms with Gasteiger partial charge in [-0.3, -0.25) is 0 Å². The predicted molar refractivity (Wildman–Crippen MR) is 70.6 cm³/mol. The molecule has 1 N–H and O–H groups in total. The Hall–Kier alpha value is -0.250. The summed E-state index contributed by atoms with van der Waals surface area (Å²) in [7, 11) is 0. The van der Waals surface area contributed by atoms with Gasteiger partial charge in [0.1, 0.15) is 11.4 Å². The molecule has 0 aliphatic carbocycles. The van der Waals surface area contributed by atoms with Gasteiger partial charge in [0.05, 0.1) is 0 Å². The lowest BCUT2D eigenvalue weighted by atomic mass is 9.89. The van der Waals surface area contributed by atoms with Crippen LogP contribution in [0.4, 0.5) is 0 Å². The fraction of sp³-hybridized carbons (Fsp3) is 0.500. The second kappa shape index (κ2) is 4.55. The van der Waals surface area contributed by atoms with E-state index in [1.54, 1.807) is 0 Å². The Morgan fingerprint density at radius 3 is 3.00 bits per heavy atom. The highest BCUT2D eigenvalue weighted by atomic mass is 79.9. The lowest BCUT2D eigenvalue weighted by Gasteiger charge is -2.33. The van der Waals surface area contributed by atoms with Crippen molar-refractivity contribution in [3.63, 3.8) is 0 Å². The third kappa shape index (κ3) is 2.08. The van der Waals surface area contributed by atoms with Crippen LogP contribution in [0.2, 0.25) is 0 Å². The van der Waals surface area contributed by atoms with Gasteiger partial charge in [0.2, 0.25) is 0 Å². The van der Waals surface area contributed by atoms with Crippen LogP contribution < -0.4 is 10.1 Å². The second-order valence-electron chi connectivity index (χ2n) is 4.49. The molecule has 88 valence electrons. The van der Waals surface area contributed by atoms with Crippen molar-refractivity contribution >= 4 is 28.3 Å². The van der Waals surface area contributed by atoms with Gasteiger partial charge in [0.15, 0.2) is 0 Å². The zero-order valence-electron chi connectivity index (χ0n) is 8.96. The number of hydrogen-bond donors (Lipinski definition) is 1. The first-order chi connectivity index (χ1) is 7.27. The van der Waals surface area contributed by atoms with Crippen LogP contribution in [0.3, 0.4) is 0 Å². The molecule has 2 heterocycles. The Balaban J connectivity index is 0.000000963. The highest BCUT2D eigenvalue weighted by molar-refractivity contribution is 9.10. The van der Waals surface area contributed by atoms with Crippen molar-refractivity contribution in [1.29, 1.82) is 0 Å². The highest BCUT2D eigenvalue weighted by Crippen LogP contribution is 2.39. The molecule has 3 rings (SSSR count). The Kier molecular flexibility index (Phi) is 3.48. The summed E-state index contributed by atoms with van der Waals surface area (Å²) >= 11 is 3.51. The fourth-order valence-corrected chi connectivity index (χ4v) is 2.99. The number of benzene rings is 1. The van der Waals surface area contributed by atoms with Crippen molar-refractivity contribution in [1.82, 2.24) is 5.32 Å². The lowest BCUT2D eigenvalue weighted by molar-refractivity contribution is 0.0660. The maximum Gasteiger partial charge on any atom is 0.126 e. The molecule has 4 heteroatoms. The molecule has 0 bridgehead atoms. The van der Waals surface area contributed by atoms with Crippen LogP contribution in [-0.4, -0.2) is 18.7 Å². The summed E-state index contributed by atoms with van der Waals surface area (Å²) in [6, 6.07) is 6.30. The van der Waals surface area contributed by atoms with Crippen LogP contribution in [0.5, 0.6) is 5.75 Å². The third-order valence-electron chi connectivity index (χ3n) is 3.29. The summed E-state index contributed by atoms with van der Waals surface area (Å²) in [5.74, 6) is 1.07. The van der Waals surface area contributed by atoms with Crippen LogP contribution in [-0.2, 0) is 6.42 Å². The summed E-state index contributed by atoms with van der Waals surface area (Å²) in [4.78, 5) is 0. The molecule has 1 spiro atoms. The van der Waals surface area contributed by atoms with Gasteiger partial charge in [-0.25, -0.2) is 0 Å². The molecule has 0 unspecified atom stereocenters. The first-order valence-corrected chi connectivity index (χ1v) is 6.25. The van der Waals surface area contributed by atoms with E-state index in [9.17, 15) is 0 Å². The van der Waals surface area contributed by atoms with Gasteiger partial charge in [-0.05, 0) is 43.1 Å². The fourth-order valence-electron chi connectivity index (χ4n) is 2.58. The van der Waals surface area contributed by atoms with E-state index in [4.69, 9.17) is 4.74 Å². The van der Waals surface area contributed by atoms with Crippen LogP contribution in [0.15, 0.2) is 22.7 Å². The molecule has 0 radical (unpaired) electrons. The molecule has 1 fully saturated rings. The Morgan fingerprint density at radius 2 is 2.25 bits per heavy atom. The number of halogens is 2. The quantitative estimate of drug-likeness (QED) is 0.796. The number of hydrogen-bond acceptors (Lipinski definition) is 2. The molecule has 2 aliphatic rings. The molecule has 1 saturated heterocycles. The number of piperidine rings is 1. The van der Waals surface area contributed by atoms with Gasteiger partial charge in [0, 0.05) is 17.4 Å². The zero-order valence-corrected chi connectivity index (χ0v) is 11.4. The summed E-state index contributed by atoms with van der Waals surface area (Å²) in [6.07, 6.45) is 3.44. The van der Waals surface area contributed by atoms with Crippen molar-refractivity contribution in [3.05, 3.63) is 28.2 Å². The minimum atomic E-state index is 0. The molecule has 0 saturated carbocycles. The monoisotopic (exact) mass is 303 g/mol. The number of fused-ring (bicyclic) bond motifs is 1. The molecular weight excluding hydrogens is 289 g/mol. The Bertz CT molecular complexity index is 391. The third-order valence-corrected chi connectivity index (χ3v) is 3.79. The minimum absolute atomic E-state index is 0. The molecule has 2 nitrogen and oxygen atoms in total.